The van der Waals surface area contributed by atoms with Gasteiger partial charge in [-0.2, -0.15) is 5.10 Å². The van der Waals surface area contributed by atoms with E-state index in [1.165, 1.54) is 12.1 Å². The van der Waals surface area contributed by atoms with Crippen molar-refractivity contribution in [3.63, 3.8) is 0 Å². The lowest BCUT2D eigenvalue weighted by Gasteiger charge is -2.05. The Bertz CT molecular complexity index is 643. The van der Waals surface area contributed by atoms with Crippen LogP contribution in [0.25, 0.3) is 0 Å². The Hall–Kier alpha value is -2.24. The molecular formula is C15H14F2N2O2. The summed E-state index contributed by atoms with van der Waals surface area (Å²) in [5.74, 6) is -2.77. The van der Waals surface area contributed by atoms with Crippen LogP contribution in [0.4, 0.5) is 8.78 Å². The van der Waals surface area contributed by atoms with Gasteiger partial charge in [-0.15, -0.1) is 0 Å². The number of ether oxygens (including phenoxy) is 1. The number of halogens is 2. The normalized spacial score (nSPS) is 20.3. The zero-order valence-corrected chi connectivity index (χ0v) is 11.2. The van der Waals surface area contributed by atoms with Crippen LogP contribution in [0.3, 0.4) is 0 Å². The van der Waals surface area contributed by atoms with Crippen LogP contribution in [0.2, 0.25) is 0 Å². The second-order valence-electron chi connectivity index (χ2n) is 5.03. The summed E-state index contributed by atoms with van der Waals surface area (Å²) in [6.07, 6.45) is 3.92. The lowest BCUT2D eigenvalue weighted by molar-refractivity contribution is -0.145. The van der Waals surface area contributed by atoms with Gasteiger partial charge in [0, 0.05) is 18.3 Å². The fraction of sp³-hybridized carbons (Fsp3) is 0.333. The predicted octanol–water partition coefficient (Wildman–Crippen LogP) is 2.51. The summed E-state index contributed by atoms with van der Waals surface area (Å²) in [5, 5.41) is 3.99. The molecule has 0 amide bonds. The van der Waals surface area contributed by atoms with Crippen molar-refractivity contribution in [3.05, 3.63) is 53.9 Å². The second-order valence-corrected chi connectivity index (χ2v) is 5.03. The first-order chi connectivity index (χ1) is 10.2. The molecule has 0 N–H and O–H groups in total. The van der Waals surface area contributed by atoms with Crippen LogP contribution in [0.5, 0.6) is 0 Å². The van der Waals surface area contributed by atoms with Crippen LogP contribution in [-0.2, 0) is 16.1 Å². The van der Waals surface area contributed by atoms with E-state index in [0.717, 1.165) is 6.07 Å². The summed E-state index contributed by atoms with van der Waals surface area (Å²) in [6.45, 7) is 0.694. The number of carbonyl (C=O) groups excluding carboxylic acids is 1. The maximum atomic E-state index is 13.6. The second kappa shape index (κ2) is 5.63. The van der Waals surface area contributed by atoms with Crippen LogP contribution in [0.15, 0.2) is 36.7 Å². The van der Waals surface area contributed by atoms with Gasteiger partial charge in [-0.3, -0.25) is 9.48 Å². The number of benzene rings is 1. The monoisotopic (exact) mass is 292 g/mol. The van der Waals surface area contributed by atoms with Crippen molar-refractivity contribution in [1.29, 1.82) is 0 Å². The minimum absolute atomic E-state index is 0.218. The summed E-state index contributed by atoms with van der Waals surface area (Å²) in [7, 11) is 0. The highest BCUT2D eigenvalue weighted by Gasteiger charge is 2.46. The van der Waals surface area contributed by atoms with Gasteiger partial charge in [-0.1, -0.05) is 12.1 Å². The van der Waals surface area contributed by atoms with E-state index in [1.54, 1.807) is 23.1 Å². The fourth-order valence-electron chi connectivity index (χ4n) is 2.39. The molecule has 0 saturated heterocycles. The maximum Gasteiger partial charge on any atom is 0.309 e. The molecule has 21 heavy (non-hydrogen) atoms. The van der Waals surface area contributed by atoms with E-state index >= 15 is 0 Å². The topological polar surface area (TPSA) is 44.1 Å². The van der Waals surface area contributed by atoms with Crippen LogP contribution < -0.4 is 0 Å². The highest BCUT2D eigenvalue weighted by molar-refractivity contribution is 5.77. The lowest BCUT2D eigenvalue weighted by Crippen LogP contribution is -2.13. The van der Waals surface area contributed by atoms with E-state index in [0.29, 0.717) is 13.0 Å². The van der Waals surface area contributed by atoms with Crippen molar-refractivity contribution < 1.29 is 18.3 Å². The molecule has 2 atom stereocenters. The van der Waals surface area contributed by atoms with E-state index in [-0.39, 0.29) is 30.0 Å². The molecule has 0 aliphatic heterocycles. The van der Waals surface area contributed by atoms with Crippen LogP contribution >= 0.6 is 0 Å². The van der Waals surface area contributed by atoms with E-state index in [1.807, 2.05) is 0 Å². The summed E-state index contributed by atoms with van der Waals surface area (Å²) in [6, 6.07) is 5.82. The van der Waals surface area contributed by atoms with E-state index < -0.39 is 11.6 Å². The SMILES string of the molecule is O=C(OCCn1cccn1)[C@H]1C[C@H]1c1cccc(F)c1F. The molecule has 1 aromatic carbocycles. The Kier molecular flexibility index (Phi) is 3.68. The number of nitrogens with zero attached hydrogens (tertiary/aromatic N) is 2. The highest BCUT2D eigenvalue weighted by atomic mass is 19.2. The third kappa shape index (κ3) is 2.94. The van der Waals surface area contributed by atoms with Crippen molar-refractivity contribution in [2.75, 3.05) is 6.61 Å². The molecule has 1 aliphatic carbocycles. The van der Waals surface area contributed by atoms with E-state index in [2.05, 4.69) is 5.10 Å². The molecule has 1 saturated carbocycles. The number of rotatable bonds is 5. The lowest BCUT2D eigenvalue weighted by atomic mass is 10.1. The summed E-state index contributed by atoms with van der Waals surface area (Å²) in [5.41, 5.74) is 0.254. The van der Waals surface area contributed by atoms with Gasteiger partial charge in [0.05, 0.1) is 12.5 Å². The van der Waals surface area contributed by atoms with Crippen LogP contribution in [-0.4, -0.2) is 22.4 Å². The molecule has 2 aromatic rings. The van der Waals surface area contributed by atoms with Gasteiger partial charge < -0.3 is 4.74 Å². The highest BCUT2D eigenvalue weighted by Crippen LogP contribution is 2.49. The molecule has 6 heteroatoms. The quantitative estimate of drug-likeness (QED) is 0.795. The Morgan fingerprint density at radius 1 is 1.38 bits per heavy atom. The largest absolute Gasteiger partial charge is 0.463 e. The average molecular weight is 292 g/mol. The van der Waals surface area contributed by atoms with Crippen LogP contribution in [0, 0.1) is 17.6 Å². The number of aromatic nitrogens is 2. The van der Waals surface area contributed by atoms with Gasteiger partial charge in [-0.05, 0) is 24.1 Å². The maximum absolute atomic E-state index is 13.6. The summed E-state index contributed by atoms with van der Waals surface area (Å²) < 4.78 is 33.6. The molecule has 1 heterocycles. The molecule has 0 radical (unpaired) electrons. The van der Waals surface area contributed by atoms with Gasteiger partial charge in [0.1, 0.15) is 6.61 Å². The summed E-state index contributed by atoms with van der Waals surface area (Å²) in [4.78, 5) is 11.8. The fourth-order valence-corrected chi connectivity index (χ4v) is 2.39. The first kappa shape index (κ1) is 13.7. The molecule has 4 nitrogen and oxygen atoms in total. The van der Waals surface area contributed by atoms with Gasteiger partial charge in [0.25, 0.3) is 0 Å². The average Bonchev–Trinajstić information content (AvgIpc) is 3.10. The van der Waals surface area contributed by atoms with E-state index in [4.69, 9.17) is 4.74 Å². The zero-order chi connectivity index (χ0) is 14.8. The van der Waals surface area contributed by atoms with Gasteiger partial charge >= 0.3 is 5.97 Å². The molecule has 110 valence electrons. The number of carbonyl (C=O) groups is 1. The molecule has 1 aliphatic rings. The molecule has 0 bridgehead atoms. The first-order valence-corrected chi connectivity index (χ1v) is 6.75. The van der Waals surface area contributed by atoms with Crippen molar-refractivity contribution in [2.45, 2.75) is 18.9 Å². The standard InChI is InChI=1S/C15H14F2N2O2/c16-13-4-1-3-10(14(13)17)11-9-12(11)15(20)21-8-7-19-6-2-5-18-19/h1-6,11-12H,7-9H2/t11-,12-/m0/s1. The third-order valence-electron chi connectivity index (χ3n) is 3.60. The van der Waals surface area contributed by atoms with Gasteiger partial charge in [0.2, 0.25) is 0 Å². The summed E-state index contributed by atoms with van der Waals surface area (Å²) >= 11 is 0. The number of hydrogen-bond acceptors (Lipinski definition) is 3. The van der Waals surface area contributed by atoms with Crippen molar-refractivity contribution in [1.82, 2.24) is 9.78 Å². The molecule has 1 fully saturated rings. The Morgan fingerprint density at radius 2 is 2.24 bits per heavy atom. The zero-order valence-electron chi connectivity index (χ0n) is 11.2. The molecule has 1 aromatic heterocycles. The van der Waals surface area contributed by atoms with Crippen molar-refractivity contribution in [2.24, 2.45) is 5.92 Å². The van der Waals surface area contributed by atoms with Crippen molar-refractivity contribution in [3.8, 4) is 0 Å². The molecule has 3 rings (SSSR count). The third-order valence-corrected chi connectivity index (χ3v) is 3.60. The number of hydrogen-bond donors (Lipinski definition) is 0. The smallest absolute Gasteiger partial charge is 0.309 e. The molecule has 0 spiro atoms. The molecule has 0 unspecified atom stereocenters. The van der Waals surface area contributed by atoms with Gasteiger partial charge in [-0.25, -0.2) is 8.78 Å². The molecular weight excluding hydrogens is 278 g/mol. The Morgan fingerprint density at radius 3 is 3.00 bits per heavy atom. The number of esters is 1. The van der Waals surface area contributed by atoms with E-state index in [9.17, 15) is 13.6 Å². The van der Waals surface area contributed by atoms with Crippen LogP contribution in [0.1, 0.15) is 17.9 Å². The Balaban J connectivity index is 1.52. The first-order valence-electron chi connectivity index (χ1n) is 6.75. The predicted molar refractivity (Wildman–Crippen MR) is 70.4 cm³/mol. The Labute approximate surface area is 120 Å². The van der Waals surface area contributed by atoms with Crippen molar-refractivity contribution >= 4 is 5.97 Å². The van der Waals surface area contributed by atoms with Gasteiger partial charge in [0.15, 0.2) is 11.6 Å². The minimum atomic E-state index is -0.884. The minimum Gasteiger partial charge on any atom is -0.463 e.